The van der Waals surface area contributed by atoms with Crippen LogP contribution in [0.1, 0.15) is 111 Å². The Labute approximate surface area is 420 Å². The molecule has 3 aliphatic heterocycles. The largest absolute Gasteiger partial charge is 0.322 e. The van der Waals surface area contributed by atoms with Crippen molar-refractivity contribution in [3.8, 4) is 0 Å². The van der Waals surface area contributed by atoms with E-state index in [1.165, 1.54) is 72.5 Å². The second-order valence-electron chi connectivity index (χ2n) is 17.3. The lowest BCUT2D eigenvalue weighted by Gasteiger charge is -2.23. The first-order chi connectivity index (χ1) is 33.7. The number of thioether (sulfide) groups is 2. The molecule has 0 radical (unpaired) electrons. The van der Waals surface area contributed by atoms with Gasteiger partial charge in [-0.3, -0.25) is 14.4 Å². The van der Waals surface area contributed by atoms with Gasteiger partial charge in [0.1, 0.15) is 10.8 Å². The Morgan fingerprint density at radius 1 is 0.536 bits per heavy atom. The van der Waals surface area contributed by atoms with Crippen LogP contribution < -0.4 is 31.9 Å². The number of piperidine rings is 3. The number of nitrogens with zero attached hydrogens (tertiary/aromatic N) is 2. The fourth-order valence-corrected chi connectivity index (χ4v) is 9.74. The van der Waals surface area contributed by atoms with Crippen molar-refractivity contribution in [3.63, 3.8) is 0 Å². The van der Waals surface area contributed by atoms with E-state index in [0.717, 1.165) is 67.0 Å². The third-order valence-corrected chi connectivity index (χ3v) is 14.3. The highest BCUT2D eigenvalue weighted by molar-refractivity contribution is 7.99. The molecule has 6 aromatic rings. The van der Waals surface area contributed by atoms with E-state index in [1.54, 1.807) is 23.5 Å². The zero-order valence-electron chi connectivity index (χ0n) is 39.4. The number of amides is 3. The second-order valence-corrected chi connectivity index (χ2v) is 19.9. The van der Waals surface area contributed by atoms with Crippen LogP contribution in [0.2, 0.25) is 5.15 Å². The van der Waals surface area contributed by atoms with E-state index in [9.17, 15) is 14.4 Å². The van der Waals surface area contributed by atoms with Crippen molar-refractivity contribution in [1.29, 1.82) is 0 Å². The van der Waals surface area contributed by atoms with Crippen LogP contribution in [0.25, 0.3) is 0 Å². The number of carbonyl (C=O) groups is 3. The van der Waals surface area contributed by atoms with Gasteiger partial charge in [0.15, 0.2) is 0 Å². The molecule has 3 saturated heterocycles. The van der Waals surface area contributed by atoms with E-state index in [2.05, 4.69) is 85.2 Å². The van der Waals surface area contributed by atoms with Crippen molar-refractivity contribution in [1.82, 2.24) is 25.9 Å². The predicted octanol–water partition coefficient (Wildman–Crippen LogP) is 11.5. The van der Waals surface area contributed by atoms with Crippen LogP contribution in [-0.4, -0.2) is 79.0 Å². The molecular weight excluding hydrogens is 920 g/mol. The van der Waals surface area contributed by atoms with Gasteiger partial charge in [-0.25, -0.2) is 9.97 Å². The van der Waals surface area contributed by atoms with E-state index in [0.29, 0.717) is 28.9 Å². The highest BCUT2D eigenvalue weighted by Crippen LogP contribution is 2.28. The number of hydrogen-bond donors (Lipinski definition) is 6. The highest BCUT2D eigenvalue weighted by Gasteiger charge is 2.18. The van der Waals surface area contributed by atoms with Crippen LogP contribution >= 0.6 is 35.1 Å². The molecule has 5 aromatic carbocycles. The van der Waals surface area contributed by atoms with Crippen LogP contribution in [0.3, 0.4) is 0 Å². The minimum atomic E-state index is -0.295. The minimum Gasteiger partial charge on any atom is -0.322 e. The van der Waals surface area contributed by atoms with Gasteiger partial charge in [-0.05, 0) is 190 Å². The van der Waals surface area contributed by atoms with Gasteiger partial charge in [0.2, 0.25) is 0 Å². The molecule has 3 fully saturated rings. The Balaban J connectivity index is 0.000000153. The number of halogens is 1. The molecule has 360 valence electrons. The average molecular weight is 984 g/mol. The minimum absolute atomic E-state index is 0.0601. The topological polar surface area (TPSA) is 149 Å². The zero-order chi connectivity index (χ0) is 48.2. The van der Waals surface area contributed by atoms with Crippen LogP contribution in [0.5, 0.6) is 0 Å². The molecule has 3 aliphatic rings. The Kier molecular flexibility index (Phi) is 20.1. The first kappa shape index (κ1) is 51.3. The molecule has 0 spiro atoms. The van der Waals surface area contributed by atoms with Gasteiger partial charge < -0.3 is 31.9 Å². The number of nitrogens with one attached hydrogen (secondary N) is 6. The van der Waals surface area contributed by atoms with Gasteiger partial charge in [0.05, 0.1) is 12.4 Å². The molecule has 0 unspecified atom stereocenters. The summed E-state index contributed by atoms with van der Waals surface area (Å²) in [5.41, 5.74) is 8.05. The first-order valence-corrected chi connectivity index (χ1v) is 26.5. The van der Waals surface area contributed by atoms with Gasteiger partial charge in [-0.2, -0.15) is 0 Å². The number of hydrogen-bond acceptors (Lipinski definition) is 10. The van der Waals surface area contributed by atoms with Crippen LogP contribution in [0.15, 0.2) is 144 Å². The number of aromatic nitrogens is 2. The number of anilines is 3. The molecule has 9 rings (SSSR count). The fourth-order valence-electron chi connectivity index (χ4n) is 8.57. The van der Waals surface area contributed by atoms with Crippen molar-refractivity contribution >= 4 is 69.9 Å². The van der Waals surface area contributed by atoms with Gasteiger partial charge >= 0.3 is 0 Å². The van der Waals surface area contributed by atoms with E-state index in [4.69, 9.17) is 11.6 Å². The second kappa shape index (κ2) is 27.0. The van der Waals surface area contributed by atoms with Crippen LogP contribution in [0.4, 0.5) is 17.1 Å². The Hall–Kier alpha value is -5.54. The molecule has 3 atom stereocenters. The van der Waals surface area contributed by atoms with Gasteiger partial charge in [0, 0.05) is 57.6 Å². The summed E-state index contributed by atoms with van der Waals surface area (Å²) in [4.78, 5) is 46.8. The van der Waals surface area contributed by atoms with Crippen molar-refractivity contribution in [2.24, 2.45) is 0 Å². The monoisotopic (exact) mass is 982 g/mol. The Bertz CT molecular complexity index is 2510. The normalized spacial score (nSPS) is 17.7. The zero-order valence-corrected chi connectivity index (χ0v) is 41.8. The lowest BCUT2D eigenvalue weighted by atomic mass is 9.91. The third kappa shape index (κ3) is 16.0. The summed E-state index contributed by atoms with van der Waals surface area (Å²) in [5, 5.41) is 19.3. The van der Waals surface area contributed by atoms with Gasteiger partial charge in [-0.15, -0.1) is 23.5 Å². The average Bonchev–Trinajstić information content (AvgIpc) is 3.41. The highest BCUT2D eigenvalue weighted by atomic mass is 35.5. The molecule has 0 aliphatic carbocycles. The van der Waals surface area contributed by atoms with E-state index in [1.807, 2.05) is 91.2 Å². The molecule has 0 bridgehead atoms. The first-order valence-electron chi connectivity index (χ1n) is 23.9. The maximum atomic E-state index is 12.3. The summed E-state index contributed by atoms with van der Waals surface area (Å²) in [6.45, 7) is 8.60. The smallest absolute Gasteiger partial charge is 0.275 e. The molecule has 14 heteroatoms. The van der Waals surface area contributed by atoms with Crippen molar-refractivity contribution in [2.45, 2.75) is 73.0 Å². The number of rotatable bonds is 12. The molecule has 11 nitrogen and oxygen atoms in total. The Morgan fingerprint density at radius 2 is 0.928 bits per heavy atom. The maximum absolute atomic E-state index is 12.3. The fraction of sp³-hybridized carbons (Fsp3) is 0.327. The summed E-state index contributed by atoms with van der Waals surface area (Å²) >= 11 is 9.11. The summed E-state index contributed by atoms with van der Waals surface area (Å²) in [7, 11) is 0. The Morgan fingerprint density at radius 3 is 1.26 bits per heavy atom. The third-order valence-electron chi connectivity index (χ3n) is 12.4. The standard InChI is InChI=1S/C20H24N2OS.C19H22N2OS.C16H17ClN4O/c1-2-24-19-11-7-16(8-12-19)20(23)22-18-9-5-15(6-10-18)17-4-3-13-21-14-17;1-23-18-10-6-15(7-11-18)19(22)21-17-8-4-14(5-9-17)16-3-2-12-20-13-16;17-15-10-19-14(9-20-15)16(22)21-13-5-3-11(4-6-13)12-2-1-7-18-8-12/h5-12,17,21H,2-4,13-14H2,1H3,(H,22,23);4-11,16,20H,2-3,12-13H2,1H3,(H,21,22);3-6,9-10,12,18H,1-2,7-8H2,(H,21,22)/t17-;16-;12-/m111/s1. The van der Waals surface area contributed by atoms with Crippen molar-refractivity contribution < 1.29 is 14.4 Å². The molecule has 69 heavy (non-hydrogen) atoms. The summed E-state index contributed by atoms with van der Waals surface area (Å²) in [6.07, 6.45) is 12.1. The SMILES string of the molecule is CCSc1ccc(C(=O)Nc2ccc([C@@H]3CCCNC3)cc2)cc1.CSc1ccc(C(=O)Nc2ccc([C@@H]3CCCNC3)cc2)cc1.O=C(Nc1ccc([C@@H]2CCCNC2)cc1)c1cnc(Cl)cn1. The lowest BCUT2D eigenvalue weighted by Crippen LogP contribution is -2.28. The molecule has 1 aromatic heterocycles. The number of benzene rings is 5. The quantitative estimate of drug-likeness (QED) is 0.0655. The van der Waals surface area contributed by atoms with E-state index >= 15 is 0 Å². The van der Waals surface area contributed by atoms with Crippen LogP contribution in [0, 0.1) is 0 Å². The van der Waals surface area contributed by atoms with Gasteiger partial charge in [0.25, 0.3) is 17.7 Å². The molecule has 4 heterocycles. The number of carbonyl (C=O) groups excluding carboxylic acids is 3. The lowest BCUT2D eigenvalue weighted by molar-refractivity contribution is 0.101. The van der Waals surface area contributed by atoms with Crippen molar-refractivity contribution in [2.75, 3.05) is 67.2 Å². The maximum Gasteiger partial charge on any atom is 0.275 e. The molecule has 6 N–H and O–H groups in total. The molecular formula is C55H63ClN8O3S2. The summed E-state index contributed by atoms with van der Waals surface area (Å²) in [6, 6.07) is 40.0. The summed E-state index contributed by atoms with van der Waals surface area (Å²) in [5.74, 6) is 2.35. The predicted molar refractivity (Wildman–Crippen MR) is 286 cm³/mol. The van der Waals surface area contributed by atoms with E-state index in [-0.39, 0.29) is 28.6 Å². The molecule has 0 saturated carbocycles. The van der Waals surface area contributed by atoms with Crippen LogP contribution in [-0.2, 0) is 0 Å². The van der Waals surface area contributed by atoms with Crippen molar-refractivity contribution in [3.05, 3.63) is 172 Å². The van der Waals surface area contributed by atoms with Gasteiger partial charge in [-0.1, -0.05) is 54.9 Å². The molecule has 3 amide bonds. The van der Waals surface area contributed by atoms with E-state index < -0.39 is 0 Å². The summed E-state index contributed by atoms with van der Waals surface area (Å²) < 4.78 is 0.